The van der Waals surface area contributed by atoms with E-state index in [2.05, 4.69) is 5.32 Å². The van der Waals surface area contributed by atoms with Crippen LogP contribution < -0.4 is 10.1 Å². The number of hydrogen-bond donors (Lipinski definition) is 1. The van der Waals surface area contributed by atoms with Crippen molar-refractivity contribution in [1.29, 1.82) is 0 Å². The van der Waals surface area contributed by atoms with E-state index in [1.165, 1.54) is 30.3 Å². The molecule has 0 saturated heterocycles. The lowest BCUT2D eigenvalue weighted by Gasteiger charge is -2.15. The lowest BCUT2D eigenvalue weighted by molar-refractivity contribution is -0.384. The van der Waals surface area contributed by atoms with Crippen LogP contribution in [0.4, 0.5) is 24.5 Å². The smallest absolute Gasteiger partial charge is 0.416 e. The van der Waals surface area contributed by atoms with Crippen LogP contribution in [-0.2, 0) is 11.0 Å². The molecule has 2 aromatic rings. The van der Waals surface area contributed by atoms with Crippen molar-refractivity contribution < 1.29 is 27.6 Å². The number of carbonyl (C=O) groups excluding carboxylic acids is 1. The molecule has 2 aromatic carbocycles. The normalized spacial score (nSPS) is 11.1. The van der Waals surface area contributed by atoms with Crippen LogP contribution in [0.5, 0.6) is 5.75 Å². The molecule has 150 valence electrons. The van der Waals surface area contributed by atoms with Gasteiger partial charge in [-0.3, -0.25) is 14.9 Å². The van der Waals surface area contributed by atoms with Crippen molar-refractivity contribution in [2.75, 3.05) is 17.7 Å². The first kappa shape index (κ1) is 21.5. The molecular weight excluding hydrogens is 397 g/mol. The average molecular weight is 414 g/mol. The zero-order chi connectivity index (χ0) is 20.7. The molecule has 0 aromatic heterocycles. The van der Waals surface area contributed by atoms with E-state index in [1.807, 2.05) is 6.92 Å². The largest absolute Gasteiger partial charge is 0.491 e. The molecule has 0 unspecified atom stereocenters. The van der Waals surface area contributed by atoms with Gasteiger partial charge in [-0.1, -0.05) is 6.92 Å². The van der Waals surface area contributed by atoms with Crippen LogP contribution in [-0.4, -0.2) is 23.2 Å². The summed E-state index contributed by atoms with van der Waals surface area (Å²) in [6.45, 7) is 2.15. The Morgan fingerprint density at radius 3 is 2.46 bits per heavy atom. The highest BCUT2D eigenvalue weighted by atomic mass is 32.2. The minimum absolute atomic E-state index is 0.0578. The second-order valence-electron chi connectivity index (χ2n) is 5.65. The molecule has 2 rings (SSSR count). The molecule has 0 spiro atoms. The van der Waals surface area contributed by atoms with Crippen LogP contribution in [0.1, 0.15) is 18.9 Å². The Hall–Kier alpha value is -2.75. The fourth-order valence-corrected chi connectivity index (χ4v) is 2.84. The molecule has 0 saturated carbocycles. The van der Waals surface area contributed by atoms with Crippen LogP contribution >= 0.6 is 11.8 Å². The fraction of sp³-hybridized carbons (Fsp3) is 0.278. The standard InChI is InChI=1S/C18H17F3N2O4S/c1-2-9-27-16-8-3-12(18(19,20)21)10-15(16)22-17(24)11-28-14-6-4-13(5-7-14)23(25)26/h3-8,10H,2,9,11H2,1H3,(H,22,24). The van der Waals surface area contributed by atoms with Crippen LogP contribution in [0, 0.1) is 10.1 Å². The monoisotopic (exact) mass is 414 g/mol. The number of ether oxygens (including phenoxy) is 1. The SMILES string of the molecule is CCCOc1ccc(C(F)(F)F)cc1NC(=O)CSc1ccc([N+](=O)[O-])cc1. The number of benzene rings is 2. The molecule has 6 nitrogen and oxygen atoms in total. The number of non-ortho nitro benzene ring substituents is 1. The fourth-order valence-electron chi connectivity index (χ4n) is 2.14. The maximum atomic E-state index is 12.9. The summed E-state index contributed by atoms with van der Waals surface area (Å²) in [5.74, 6) is -0.450. The number of carbonyl (C=O) groups is 1. The zero-order valence-corrected chi connectivity index (χ0v) is 15.6. The number of halogens is 3. The van der Waals surface area contributed by atoms with Crippen LogP contribution in [0.2, 0.25) is 0 Å². The van der Waals surface area contributed by atoms with Crippen molar-refractivity contribution in [3.05, 3.63) is 58.1 Å². The number of rotatable bonds is 8. The van der Waals surface area contributed by atoms with Gasteiger partial charge in [0.25, 0.3) is 5.69 Å². The van der Waals surface area contributed by atoms with Crippen LogP contribution in [0.3, 0.4) is 0 Å². The second-order valence-corrected chi connectivity index (χ2v) is 6.69. The van der Waals surface area contributed by atoms with Crippen molar-refractivity contribution in [2.24, 2.45) is 0 Å². The summed E-state index contributed by atoms with van der Waals surface area (Å²) >= 11 is 1.10. The maximum Gasteiger partial charge on any atom is 0.416 e. The van der Waals surface area contributed by atoms with Gasteiger partial charge in [0, 0.05) is 17.0 Å². The van der Waals surface area contributed by atoms with Gasteiger partial charge >= 0.3 is 6.18 Å². The Morgan fingerprint density at radius 2 is 1.89 bits per heavy atom. The number of alkyl halides is 3. The molecule has 0 fully saturated rings. The van der Waals surface area contributed by atoms with E-state index in [0.717, 1.165) is 23.9 Å². The molecule has 0 heterocycles. The number of amides is 1. The molecule has 0 radical (unpaired) electrons. The Morgan fingerprint density at radius 1 is 1.21 bits per heavy atom. The third-order valence-corrected chi connectivity index (χ3v) is 4.47. The number of nitro groups is 1. The van der Waals surface area contributed by atoms with E-state index in [1.54, 1.807) is 0 Å². The molecule has 0 bridgehead atoms. The quantitative estimate of drug-likeness (QED) is 0.368. The molecule has 1 N–H and O–H groups in total. The first-order valence-corrected chi connectivity index (χ1v) is 9.20. The van der Waals surface area contributed by atoms with Gasteiger partial charge in [-0.2, -0.15) is 13.2 Å². The van der Waals surface area contributed by atoms with Gasteiger partial charge in [0.15, 0.2) is 0 Å². The van der Waals surface area contributed by atoms with E-state index >= 15 is 0 Å². The summed E-state index contributed by atoms with van der Waals surface area (Å²) in [6.07, 6.45) is -3.89. The maximum absolute atomic E-state index is 12.9. The summed E-state index contributed by atoms with van der Waals surface area (Å²) < 4.78 is 44.2. The average Bonchev–Trinajstić information content (AvgIpc) is 2.65. The first-order valence-electron chi connectivity index (χ1n) is 8.22. The number of thioether (sulfide) groups is 1. The van der Waals surface area contributed by atoms with E-state index < -0.39 is 22.6 Å². The summed E-state index contributed by atoms with van der Waals surface area (Å²) in [4.78, 5) is 22.9. The highest BCUT2D eigenvalue weighted by molar-refractivity contribution is 8.00. The number of nitro benzene ring substituents is 1. The van der Waals surface area contributed by atoms with Gasteiger partial charge in [-0.15, -0.1) is 11.8 Å². The Kier molecular flexibility index (Phi) is 7.27. The van der Waals surface area contributed by atoms with Crippen molar-refractivity contribution in [3.63, 3.8) is 0 Å². The lowest BCUT2D eigenvalue weighted by Crippen LogP contribution is -2.16. The highest BCUT2D eigenvalue weighted by Gasteiger charge is 2.31. The molecule has 0 aliphatic heterocycles. The van der Waals surface area contributed by atoms with Gasteiger partial charge in [0.05, 0.1) is 28.5 Å². The topological polar surface area (TPSA) is 81.5 Å². The Bertz CT molecular complexity index is 842. The van der Waals surface area contributed by atoms with Gasteiger partial charge < -0.3 is 10.1 Å². The molecule has 1 amide bonds. The number of nitrogens with one attached hydrogen (secondary N) is 1. The minimum Gasteiger partial charge on any atom is -0.491 e. The number of hydrogen-bond acceptors (Lipinski definition) is 5. The van der Waals surface area contributed by atoms with Gasteiger partial charge in [0.2, 0.25) is 5.91 Å². The Balaban J connectivity index is 2.07. The van der Waals surface area contributed by atoms with E-state index in [9.17, 15) is 28.1 Å². The molecule has 10 heteroatoms. The third-order valence-electron chi connectivity index (χ3n) is 3.46. The summed E-state index contributed by atoms with van der Waals surface area (Å²) in [5, 5.41) is 13.1. The van der Waals surface area contributed by atoms with E-state index in [-0.39, 0.29) is 22.9 Å². The highest BCUT2D eigenvalue weighted by Crippen LogP contribution is 2.35. The molecular formula is C18H17F3N2O4S. The van der Waals surface area contributed by atoms with Gasteiger partial charge in [-0.25, -0.2) is 0 Å². The molecule has 28 heavy (non-hydrogen) atoms. The minimum atomic E-state index is -4.55. The van der Waals surface area contributed by atoms with E-state index in [0.29, 0.717) is 17.9 Å². The molecule has 0 aliphatic carbocycles. The Labute approximate surface area is 163 Å². The number of anilines is 1. The van der Waals surface area contributed by atoms with Crippen molar-refractivity contribution in [1.82, 2.24) is 0 Å². The predicted octanol–water partition coefficient (Wildman–Crippen LogP) is 5.13. The number of nitrogens with zero attached hydrogens (tertiary/aromatic N) is 1. The van der Waals surface area contributed by atoms with Crippen molar-refractivity contribution in [2.45, 2.75) is 24.4 Å². The van der Waals surface area contributed by atoms with Gasteiger partial charge in [-0.05, 0) is 36.8 Å². The first-order chi connectivity index (χ1) is 13.2. The summed E-state index contributed by atoms with van der Waals surface area (Å²) in [5.41, 5.74) is -1.03. The molecule has 0 atom stereocenters. The zero-order valence-electron chi connectivity index (χ0n) is 14.8. The predicted molar refractivity (Wildman–Crippen MR) is 99.7 cm³/mol. The van der Waals surface area contributed by atoms with Crippen LogP contribution in [0.15, 0.2) is 47.4 Å². The second kappa shape index (κ2) is 9.45. The van der Waals surface area contributed by atoms with Crippen molar-refractivity contribution >= 4 is 29.0 Å². The molecule has 0 aliphatic rings. The van der Waals surface area contributed by atoms with Gasteiger partial charge in [0.1, 0.15) is 5.75 Å². The summed E-state index contributed by atoms with van der Waals surface area (Å²) in [7, 11) is 0. The third kappa shape index (κ3) is 6.15. The van der Waals surface area contributed by atoms with E-state index in [4.69, 9.17) is 4.74 Å². The summed E-state index contributed by atoms with van der Waals surface area (Å²) in [6, 6.07) is 8.52. The van der Waals surface area contributed by atoms with Crippen molar-refractivity contribution in [3.8, 4) is 5.75 Å². The lowest BCUT2D eigenvalue weighted by atomic mass is 10.1. The van der Waals surface area contributed by atoms with Crippen LogP contribution in [0.25, 0.3) is 0 Å².